The summed E-state index contributed by atoms with van der Waals surface area (Å²) in [5, 5.41) is 5.19. The minimum Gasteiger partial charge on any atom is -0.406 e. The zero-order valence-electron chi connectivity index (χ0n) is 10.1. The predicted octanol–water partition coefficient (Wildman–Crippen LogP) is 4.82. The summed E-state index contributed by atoms with van der Waals surface area (Å²) in [7, 11) is 0. The van der Waals surface area contributed by atoms with Crippen LogP contribution in [0.1, 0.15) is 17.8 Å². The van der Waals surface area contributed by atoms with Crippen LogP contribution in [0.3, 0.4) is 0 Å². The summed E-state index contributed by atoms with van der Waals surface area (Å²) >= 11 is 1.63. The van der Waals surface area contributed by atoms with Gasteiger partial charge in [-0.25, -0.2) is 0 Å². The van der Waals surface area contributed by atoms with Crippen molar-refractivity contribution in [2.75, 3.05) is 5.32 Å². The molecule has 0 aliphatic rings. The van der Waals surface area contributed by atoms with Gasteiger partial charge in [0.2, 0.25) is 0 Å². The molecule has 1 N–H and O–H groups in total. The molecule has 0 saturated heterocycles. The van der Waals surface area contributed by atoms with Gasteiger partial charge in [0.25, 0.3) is 0 Å². The summed E-state index contributed by atoms with van der Waals surface area (Å²) in [6.07, 6.45) is -4.65. The van der Waals surface area contributed by atoms with Gasteiger partial charge in [0.05, 0.1) is 6.04 Å². The molecule has 19 heavy (non-hydrogen) atoms. The van der Waals surface area contributed by atoms with Crippen molar-refractivity contribution in [3.63, 3.8) is 0 Å². The fraction of sp³-hybridized carbons (Fsp3) is 0.231. The number of nitrogens with one attached hydrogen (secondary N) is 1. The lowest BCUT2D eigenvalue weighted by Gasteiger charge is -2.14. The average molecular weight is 287 g/mol. The van der Waals surface area contributed by atoms with Crippen LogP contribution in [0, 0.1) is 0 Å². The molecule has 1 atom stereocenters. The molecule has 6 heteroatoms. The third-order valence-corrected chi connectivity index (χ3v) is 3.50. The maximum absolute atomic E-state index is 12.0. The SMILES string of the molecule is CC(Nc1ccc(OC(F)(F)F)cc1)c1cccs1. The van der Waals surface area contributed by atoms with Crippen molar-refractivity contribution in [2.24, 2.45) is 0 Å². The maximum atomic E-state index is 12.0. The van der Waals surface area contributed by atoms with Gasteiger partial charge in [-0.15, -0.1) is 24.5 Å². The molecule has 102 valence electrons. The lowest BCUT2D eigenvalue weighted by atomic mass is 10.2. The quantitative estimate of drug-likeness (QED) is 0.870. The van der Waals surface area contributed by atoms with E-state index in [4.69, 9.17) is 0 Å². The van der Waals surface area contributed by atoms with E-state index in [0.717, 1.165) is 10.6 Å². The van der Waals surface area contributed by atoms with E-state index >= 15 is 0 Å². The summed E-state index contributed by atoms with van der Waals surface area (Å²) in [5.41, 5.74) is 0.746. The van der Waals surface area contributed by atoms with Crippen LogP contribution < -0.4 is 10.1 Å². The molecular weight excluding hydrogens is 275 g/mol. The molecular formula is C13H12F3NOS. The summed E-state index contributed by atoms with van der Waals surface area (Å²) in [4.78, 5) is 1.16. The molecule has 0 aliphatic carbocycles. The molecule has 2 nitrogen and oxygen atoms in total. The van der Waals surface area contributed by atoms with Gasteiger partial charge in [0.15, 0.2) is 0 Å². The van der Waals surface area contributed by atoms with E-state index < -0.39 is 6.36 Å². The highest BCUT2D eigenvalue weighted by molar-refractivity contribution is 7.10. The molecule has 1 unspecified atom stereocenters. The van der Waals surface area contributed by atoms with Crippen LogP contribution in [0.2, 0.25) is 0 Å². The molecule has 2 rings (SSSR count). The molecule has 1 heterocycles. The Morgan fingerprint density at radius 1 is 1.16 bits per heavy atom. The second-order valence-electron chi connectivity index (χ2n) is 3.95. The van der Waals surface area contributed by atoms with Crippen LogP contribution >= 0.6 is 11.3 Å². The highest BCUT2D eigenvalue weighted by Gasteiger charge is 2.30. The third-order valence-electron chi connectivity index (χ3n) is 2.44. The van der Waals surface area contributed by atoms with E-state index in [2.05, 4.69) is 10.1 Å². The van der Waals surface area contributed by atoms with Gasteiger partial charge in [0, 0.05) is 10.6 Å². The number of thiophene rings is 1. The summed E-state index contributed by atoms with van der Waals surface area (Å²) in [6, 6.07) is 9.76. The Morgan fingerprint density at radius 2 is 1.84 bits per heavy atom. The van der Waals surface area contributed by atoms with Crippen molar-refractivity contribution in [3.05, 3.63) is 46.7 Å². The van der Waals surface area contributed by atoms with Crippen LogP contribution in [0.4, 0.5) is 18.9 Å². The van der Waals surface area contributed by atoms with Gasteiger partial charge < -0.3 is 10.1 Å². The monoisotopic (exact) mass is 287 g/mol. The zero-order chi connectivity index (χ0) is 13.9. The second-order valence-corrected chi connectivity index (χ2v) is 4.93. The number of halogens is 3. The Balaban J connectivity index is 1.99. The maximum Gasteiger partial charge on any atom is 0.573 e. The van der Waals surface area contributed by atoms with E-state index in [1.807, 2.05) is 24.4 Å². The first-order valence-electron chi connectivity index (χ1n) is 5.60. The van der Waals surface area contributed by atoms with E-state index in [0.29, 0.717) is 0 Å². The van der Waals surface area contributed by atoms with Crippen LogP contribution in [0.15, 0.2) is 41.8 Å². The van der Waals surface area contributed by atoms with Crippen molar-refractivity contribution < 1.29 is 17.9 Å². The molecule has 1 aromatic heterocycles. The number of anilines is 1. The molecule has 0 radical (unpaired) electrons. The van der Waals surface area contributed by atoms with Crippen LogP contribution in [0.25, 0.3) is 0 Å². The van der Waals surface area contributed by atoms with Crippen molar-refractivity contribution in [3.8, 4) is 5.75 Å². The number of alkyl halides is 3. The highest BCUT2D eigenvalue weighted by atomic mass is 32.1. The van der Waals surface area contributed by atoms with Crippen molar-refractivity contribution in [1.82, 2.24) is 0 Å². The summed E-state index contributed by atoms with van der Waals surface area (Å²) in [5.74, 6) is -0.221. The first kappa shape index (κ1) is 13.7. The van der Waals surface area contributed by atoms with E-state index in [1.54, 1.807) is 23.5 Å². The molecule has 0 fully saturated rings. The van der Waals surface area contributed by atoms with Gasteiger partial charge in [-0.1, -0.05) is 6.07 Å². The number of ether oxygens (including phenoxy) is 1. The summed E-state index contributed by atoms with van der Waals surface area (Å²) < 4.78 is 39.8. The van der Waals surface area contributed by atoms with Crippen LogP contribution in [-0.2, 0) is 0 Å². The highest BCUT2D eigenvalue weighted by Crippen LogP contribution is 2.26. The van der Waals surface area contributed by atoms with Gasteiger partial charge in [-0.05, 0) is 42.6 Å². The largest absolute Gasteiger partial charge is 0.573 e. The normalized spacial score (nSPS) is 13.1. The Kier molecular flexibility index (Phi) is 3.99. The lowest BCUT2D eigenvalue weighted by Crippen LogP contribution is -2.17. The fourth-order valence-corrected chi connectivity index (χ4v) is 2.35. The van der Waals surface area contributed by atoms with Gasteiger partial charge >= 0.3 is 6.36 Å². The number of hydrogen-bond acceptors (Lipinski definition) is 3. The number of rotatable bonds is 4. The van der Waals surface area contributed by atoms with Crippen molar-refractivity contribution >= 4 is 17.0 Å². The standard InChI is InChI=1S/C13H12F3NOS/c1-9(12-3-2-8-19-12)17-10-4-6-11(7-5-10)18-13(14,15)16/h2-9,17H,1H3. The average Bonchev–Trinajstić information content (AvgIpc) is 2.83. The minimum atomic E-state index is -4.65. The topological polar surface area (TPSA) is 21.3 Å². The number of hydrogen-bond donors (Lipinski definition) is 1. The van der Waals surface area contributed by atoms with Gasteiger partial charge in [-0.2, -0.15) is 0 Å². The van der Waals surface area contributed by atoms with Crippen LogP contribution in [-0.4, -0.2) is 6.36 Å². The Morgan fingerprint density at radius 3 is 2.37 bits per heavy atom. The summed E-state index contributed by atoms with van der Waals surface area (Å²) in [6.45, 7) is 1.99. The van der Waals surface area contributed by atoms with Crippen molar-refractivity contribution in [1.29, 1.82) is 0 Å². The van der Waals surface area contributed by atoms with E-state index in [-0.39, 0.29) is 11.8 Å². The Labute approximate surface area is 112 Å². The lowest BCUT2D eigenvalue weighted by molar-refractivity contribution is -0.274. The fourth-order valence-electron chi connectivity index (χ4n) is 1.61. The molecule has 0 bridgehead atoms. The first-order chi connectivity index (χ1) is 8.94. The Bertz CT molecular complexity index is 508. The molecule has 0 amide bonds. The van der Waals surface area contributed by atoms with E-state index in [1.165, 1.54) is 12.1 Å². The second kappa shape index (κ2) is 5.52. The smallest absolute Gasteiger partial charge is 0.406 e. The minimum absolute atomic E-state index is 0.106. The third kappa shape index (κ3) is 4.17. The molecule has 0 saturated carbocycles. The predicted molar refractivity (Wildman–Crippen MR) is 69.5 cm³/mol. The molecule has 0 spiro atoms. The van der Waals surface area contributed by atoms with E-state index in [9.17, 15) is 13.2 Å². The van der Waals surface area contributed by atoms with Gasteiger partial charge in [-0.3, -0.25) is 0 Å². The van der Waals surface area contributed by atoms with Gasteiger partial charge in [0.1, 0.15) is 5.75 Å². The molecule has 1 aromatic carbocycles. The molecule has 0 aliphatic heterocycles. The molecule has 2 aromatic rings. The number of benzene rings is 1. The van der Waals surface area contributed by atoms with Crippen LogP contribution in [0.5, 0.6) is 5.75 Å². The zero-order valence-corrected chi connectivity index (χ0v) is 10.9. The first-order valence-corrected chi connectivity index (χ1v) is 6.48. The Hall–Kier alpha value is -1.69. The van der Waals surface area contributed by atoms with Crippen molar-refractivity contribution in [2.45, 2.75) is 19.3 Å².